The molecule has 0 saturated carbocycles. The molecule has 0 bridgehead atoms. The van der Waals surface area contributed by atoms with Crippen LogP contribution in [0.4, 0.5) is 5.69 Å². The molecule has 0 N–H and O–H groups in total. The molecule has 92 valence electrons. The van der Waals surface area contributed by atoms with Gasteiger partial charge in [-0.3, -0.25) is 10.1 Å². The number of nitrogens with zero attached hydrogens (tertiary/aromatic N) is 2. The van der Waals surface area contributed by atoms with Gasteiger partial charge in [0.25, 0.3) is 5.69 Å². The third kappa shape index (κ3) is 3.13. The van der Waals surface area contributed by atoms with Crippen LogP contribution in [0.15, 0.2) is 29.0 Å². The van der Waals surface area contributed by atoms with Crippen molar-refractivity contribution in [1.82, 2.24) is 4.98 Å². The number of aromatic carboxylic acids is 1. The summed E-state index contributed by atoms with van der Waals surface area (Å²) in [6.45, 7) is 0. The second-order valence-corrected chi connectivity index (χ2v) is 3.65. The molecule has 0 radical (unpaired) electrons. The number of carbonyl (C=O) groups is 1. The van der Waals surface area contributed by atoms with Gasteiger partial charge in [0.05, 0.1) is 15.9 Å². The molecule has 0 atom stereocenters. The van der Waals surface area contributed by atoms with Gasteiger partial charge in [0.2, 0.25) is 0 Å². The predicted octanol–water partition coefficient (Wildman–Crippen LogP) is -1.73. The number of nitro benzene ring substituents is 1. The van der Waals surface area contributed by atoms with Gasteiger partial charge in [-0.2, -0.15) is 0 Å². The van der Waals surface area contributed by atoms with Crippen molar-refractivity contribution in [3.8, 4) is 11.3 Å². The van der Waals surface area contributed by atoms with Crippen LogP contribution in [-0.2, 0) is 0 Å². The van der Waals surface area contributed by atoms with Crippen LogP contribution in [0, 0.1) is 10.1 Å². The first kappa shape index (κ1) is 15.6. The largest absolute Gasteiger partial charge is 1.00 e. The minimum atomic E-state index is -1.52. The van der Waals surface area contributed by atoms with Gasteiger partial charge in [0.1, 0.15) is 5.69 Å². The van der Waals surface area contributed by atoms with Crippen LogP contribution in [0.3, 0.4) is 0 Å². The van der Waals surface area contributed by atoms with E-state index in [0.717, 1.165) is 12.5 Å². The molecule has 1 heterocycles. The predicted molar refractivity (Wildman–Crippen MR) is 57.9 cm³/mol. The molecule has 0 spiro atoms. The van der Waals surface area contributed by atoms with Crippen molar-refractivity contribution in [2.75, 3.05) is 0 Å². The maximum Gasteiger partial charge on any atom is 1.00 e. The van der Waals surface area contributed by atoms with Gasteiger partial charge in [-0.15, -0.1) is 0 Å². The summed E-state index contributed by atoms with van der Waals surface area (Å²) in [5.41, 5.74) is -0.428. The van der Waals surface area contributed by atoms with Gasteiger partial charge in [-0.05, 0) is 6.07 Å². The van der Waals surface area contributed by atoms with Gasteiger partial charge < -0.3 is 14.3 Å². The number of rotatable bonds is 3. The number of aromatic nitrogens is 1. The Morgan fingerprint density at radius 3 is 2.63 bits per heavy atom. The number of hydrogen-bond acceptors (Lipinski definition) is 6. The van der Waals surface area contributed by atoms with Gasteiger partial charge in [0, 0.05) is 17.7 Å². The van der Waals surface area contributed by atoms with Crippen molar-refractivity contribution < 1.29 is 48.8 Å². The summed E-state index contributed by atoms with van der Waals surface area (Å²) in [5, 5.41) is 21.3. The molecule has 1 aromatic heterocycles. The Kier molecular flexibility index (Phi) is 5.07. The van der Waals surface area contributed by atoms with Crippen molar-refractivity contribution in [3.63, 3.8) is 0 Å². The normalized spacial score (nSPS) is 9.74. The molecule has 9 heteroatoms. The van der Waals surface area contributed by atoms with E-state index in [4.69, 9.17) is 16.0 Å². The second-order valence-electron chi connectivity index (χ2n) is 3.24. The zero-order chi connectivity index (χ0) is 13.3. The first-order valence-electron chi connectivity index (χ1n) is 4.60. The Morgan fingerprint density at radius 2 is 2.11 bits per heavy atom. The summed E-state index contributed by atoms with van der Waals surface area (Å²) in [6, 6.07) is 3.56. The van der Waals surface area contributed by atoms with Gasteiger partial charge in [-0.1, -0.05) is 11.6 Å². The van der Waals surface area contributed by atoms with Crippen molar-refractivity contribution in [2.24, 2.45) is 0 Å². The molecule has 0 aliphatic rings. The van der Waals surface area contributed by atoms with Gasteiger partial charge >= 0.3 is 29.6 Å². The number of carboxylic acids is 1. The number of nitro groups is 1. The van der Waals surface area contributed by atoms with Crippen LogP contribution >= 0.6 is 11.6 Å². The first-order valence-corrected chi connectivity index (χ1v) is 4.97. The van der Waals surface area contributed by atoms with Crippen LogP contribution in [-0.4, -0.2) is 15.9 Å². The molecular weight excluding hydrogens is 287 g/mol. The molecule has 19 heavy (non-hydrogen) atoms. The number of halogens is 1. The quantitative estimate of drug-likeness (QED) is 0.377. The van der Waals surface area contributed by atoms with Gasteiger partial charge in [0.15, 0.2) is 12.2 Å². The van der Waals surface area contributed by atoms with Crippen molar-refractivity contribution in [2.45, 2.75) is 0 Å². The summed E-state index contributed by atoms with van der Waals surface area (Å²) in [6.07, 6.45) is 0.929. The molecular formula is C10H4ClN2NaO5. The molecule has 0 fully saturated rings. The molecule has 0 saturated heterocycles. The zero-order valence-corrected chi connectivity index (χ0v) is 12.4. The van der Waals surface area contributed by atoms with E-state index in [1.165, 1.54) is 12.1 Å². The van der Waals surface area contributed by atoms with E-state index in [9.17, 15) is 20.0 Å². The summed E-state index contributed by atoms with van der Waals surface area (Å²) < 4.78 is 4.91. The number of carbonyl (C=O) groups excluding carboxylic acids is 1. The van der Waals surface area contributed by atoms with Crippen molar-refractivity contribution >= 4 is 23.3 Å². The number of benzene rings is 1. The Bertz CT molecular complexity index is 643. The van der Waals surface area contributed by atoms with E-state index in [0.29, 0.717) is 0 Å². The fourth-order valence-electron chi connectivity index (χ4n) is 1.38. The Hall–Kier alpha value is -1.41. The van der Waals surface area contributed by atoms with Crippen LogP contribution in [0.1, 0.15) is 10.5 Å². The van der Waals surface area contributed by atoms with Crippen LogP contribution in [0.25, 0.3) is 11.3 Å². The molecule has 0 amide bonds. The minimum absolute atomic E-state index is 0. The van der Waals surface area contributed by atoms with E-state index in [1.807, 2.05) is 0 Å². The van der Waals surface area contributed by atoms with Crippen LogP contribution in [0.5, 0.6) is 0 Å². The third-order valence-corrected chi connectivity index (χ3v) is 2.48. The monoisotopic (exact) mass is 290 g/mol. The summed E-state index contributed by atoms with van der Waals surface area (Å²) in [4.78, 5) is 24.1. The summed E-state index contributed by atoms with van der Waals surface area (Å²) in [7, 11) is 0. The summed E-state index contributed by atoms with van der Waals surface area (Å²) in [5.74, 6) is -1.62. The molecule has 0 aliphatic carbocycles. The molecule has 1 aromatic carbocycles. The summed E-state index contributed by atoms with van der Waals surface area (Å²) >= 11 is 5.84. The Labute approximate surface area is 133 Å². The minimum Gasteiger partial charge on any atom is -0.543 e. The standard InChI is InChI=1S/C10H5ClN2O5.Na/c11-7-3-5(13(16)17)1-2-6(7)9-8(10(14)15)12-4-18-9;/h1-4H,(H,14,15);/q;+1/p-1. The number of carboxylic acid groups (broad SMARTS) is 1. The molecule has 7 nitrogen and oxygen atoms in total. The SMILES string of the molecule is O=C([O-])c1ncoc1-c1ccc([N+](=O)[O-])cc1Cl.[Na+]. The van der Waals surface area contributed by atoms with Crippen molar-refractivity contribution in [1.29, 1.82) is 0 Å². The van der Waals surface area contributed by atoms with Gasteiger partial charge in [-0.25, -0.2) is 4.98 Å². The van der Waals surface area contributed by atoms with Crippen LogP contribution in [0.2, 0.25) is 5.02 Å². The molecule has 0 aliphatic heterocycles. The first-order chi connectivity index (χ1) is 8.50. The van der Waals surface area contributed by atoms with E-state index < -0.39 is 16.6 Å². The van der Waals surface area contributed by atoms with E-state index in [1.54, 1.807) is 0 Å². The van der Waals surface area contributed by atoms with Crippen molar-refractivity contribution in [3.05, 3.63) is 45.4 Å². The molecule has 2 aromatic rings. The van der Waals surface area contributed by atoms with Crippen LogP contribution < -0.4 is 34.7 Å². The molecule has 0 unspecified atom stereocenters. The van der Waals surface area contributed by atoms with E-state index in [-0.39, 0.29) is 51.6 Å². The number of non-ortho nitro benzene ring substituents is 1. The fraction of sp³-hybridized carbons (Fsp3) is 0. The maximum absolute atomic E-state index is 10.8. The maximum atomic E-state index is 10.8. The average Bonchev–Trinajstić information content (AvgIpc) is 2.77. The molecule has 2 rings (SSSR count). The average molecular weight is 291 g/mol. The Balaban J connectivity index is 0.00000180. The topological polar surface area (TPSA) is 109 Å². The smallest absolute Gasteiger partial charge is 0.543 e. The zero-order valence-electron chi connectivity index (χ0n) is 9.62. The van der Waals surface area contributed by atoms with E-state index >= 15 is 0 Å². The third-order valence-electron chi connectivity index (χ3n) is 2.17. The fourth-order valence-corrected chi connectivity index (χ4v) is 1.64. The number of oxazole rings is 1. The second kappa shape index (κ2) is 6.16. The van der Waals surface area contributed by atoms with E-state index in [2.05, 4.69) is 4.98 Å². The Morgan fingerprint density at radius 1 is 1.42 bits per heavy atom. The number of hydrogen-bond donors (Lipinski definition) is 0.